The Hall–Kier alpha value is -2.50. The summed E-state index contributed by atoms with van der Waals surface area (Å²) in [5, 5.41) is 0. The molecule has 0 spiro atoms. The Morgan fingerprint density at radius 3 is 2.38 bits per heavy atom. The Labute approximate surface area is 121 Å². The molecule has 0 aromatic heterocycles. The van der Waals surface area contributed by atoms with Crippen LogP contribution in [0.5, 0.6) is 0 Å². The lowest BCUT2D eigenvalue weighted by Crippen LogP contribution is -2.40. The van der Waals surface area contributed by atoms with Crippen LogP contribution in [-0.4, -0.2) is 42.1 Å². The summed E-state index contributed by atoms with van der Waals surface area (Å²) in [6, 6.07) is 4.93. The van der Waals surface area contributed by atoms with Crippen LogP contribution in [0.25, 0.3) is 0 Å². The number of aryl methyl sites for hydroxylation is 1. The highest BCUT2D eigenvalue weighted by Gasteiger charge is 2.39. The largest absolute Gasteiger partial charge is 0.468 e. The number of hydrogen-bond acceptors (Lipinski definition) is 5. The van der Waals surface area contributed by atoms with Gasteiger partial charge in [-0.15, -0.1) is 0 Å². The van der Waals surface area contributed by atoms with Gasteiger partial charge in [-0.3, -0.25) is 24.1 Å². The van der Waals surface area contributed by atoms with Crippen molar-refractivity contribution in [2.24, 2.45) is 5.92 Å². The Balaban J connectivity index is 2.31. The van der Waals surface area contributed by atoms with Crippen molar-refractivity contribution in [1.82, 2.24) is 4.90 Å². The fraction of sp³-hybridized carbons (Fsp3) is 0.333. The zero-order valence-electron chi connectivity index (χ0n) is 12.0. The molecule has 1 aromatic carbocycles. The summed E-state index contributed by atoms with van der Waals surface area (Å²) in [5.41, 5.74) is 1.44. The number of benzene rings is 1. The molecular formula is C15H15NO5. The molecule has 0 bridgehead atoms. The van der Waals surface area contributed by atoms with Crippen LogP contribution in [0.4, 0.5) is 0 Å². The first kappa shape index (κ1) is 14.9. The minimum absolute atomic E-state index is 0.290. The van der Waals surface area contributed by atoms with Gasteiger partial charge in [-0.1, -0.05) is 11.6 Å². The van der Waals surface area contributed by atoms with Crippen molar-refractivity contribution < 1.29 is 23.9 Å². The molecule has 1 aliphatic heterocycles. The van der Waals surface area contributed by atoms with Gasteiger partial charge >= 0.3 is 5.97 Å². The Bertz CT molecular complexity index is 649. The summed E-state index contributed by atoms with van der Waals surface area (Å²) in [6.07, 6.45) is 0. The molecule has 2 amide bonds. The van der Waals surface area contributed by atoms with Crippen molar-refractivity contribution in [1.29, 1.82) is 0 Å². The van der Waals surface area contributed by atoms with Crippen LogP contribution in [0.2, 0.25) is 0 Å². The summed E-state index contributed by atoms with van der Waals surface area (Å²) in [7, 11) is 1.16. The number of fused-ring (bicyclic) bond motifs is 1. The van der Waals surface area contributed by atoms with E-state index in [9.17, 15) is 19.2 Å². The van der Waals surface area contributed by atoms with E-state index in [4.69, 9.17) is 0 Å². The van der Waals surface area contributed by atoms with E-state index >= 15 is 0 Å². The van der Waals surface area contributed by atoms with Gasteiger partial charge in [-0.05, 0) is 26.0 Å². The van der Waals surface area contributed by atoms with Crippen molar-refractivity contribution >= 4 is 23.6 Å². The molecule has 0 saturated carbocycles. The van der Waals surface area contributed by atoms with E-state index in [0.29, 0.717) is 5.56 Å². The minimum Gasteiger partial charge on any atom is -0.468 e. The van der Waals surface area contributed by atoms with Gasteiger partial charge in [0.25, 0.3) is 11.8 Å². The fourth-order valence-electron chi connectivity index (χ4n) is 2.26. The topological polar surface area (TPSA) is 80.8 Å². The number of carbonyl (C=O) groups excluding carboxylic acids is 4. The van der Waals surface area contributed by atoms with E-state index in [0.717, 1.165) is 17.6 Å². The first-order valence-corrected chi connectivity index (χ1v) is 6.42. The average molecular weight is 289 g/mol. The number of imide groups is 1. The van der Waals surface area contributed by atoms with Gasteiger partial charge in [0.15, 0.2) is 0 Å². The van der Waals surface area contributed by atoms with Crippen molar-refractivity contribution in [2.75, 3.05) is 13.7 Å². The molecule has 0 N–H and O–H groups in total. The first-order valence-electron chi connectivity index (χ1n) is 6.42. The van der Waals surface area contributed by atoms with Crippen LogP contribution in [-0.2, 0) is 14.3 Å². The van der Waals surface area contributed by atoms with Crippen LogP contribution in [0.3, 0.4) is 0 Å². The third-order valence-corrected chi connectivity index (χ3v) is 3.47. The normalized spacial score (nSPS) is 14.9. The monoisotopic (exact) mass is 289 g/mol. The number of Topliss-reactive ketones (excluding diaryl/α,β-unsaturated/α-hetero) is 1. The van der Waals surface area contributed by atoms with Crippen molar-refractivity contribution in [3.63, 3.8) is 0 Å². The number of esters is 1. The maximum atomic E-state index is 12.3. The van der Waals surface area contributed by atoms with Crippen molar-refractivity contribution in [3.05, 3.63) is 34.9 Å². The molecule has 21 heavy (non-hydrogen) atoms. The molecule has 1 aliphatic rings. The second kappa shape index (κ2) is 5.47. The maximum absolute atomic E-state index is 12.3. The molecule has 0 unspecified atom stereocenters. The second-order valence-corrected chi connectivity index (χ2v) is 4.96. The molecule has 110 valence electrons. The van der Waals surface area contributed by atoms with Gasteiger partial charge in [0.05, 0.1) is 18.2 Å². The third-order valence-electron chi connectivity index (χ3n) is 3.47. The van der Waals surface area contributed by atoms with Crippen molar-refractivity contribution in [3.8, 4) is 0 Å². The molecule has 2 rings (SSSR count). The molecule has 0 radical (unpaired) electrons. The lowest BCUT2D eigenvalue weighted by Gasteiger charge is -2.18. The predicted molar refractivity (Wildman–Crippen MR) is 72.7 cm³/mol. The third kappa shape index (κ3) is 2.56. The molecule has 1 heterocycles. The zero-order valence-corrected chi connectivity index (χ0v) is 12.0. The molecular weight excluding hydrogens is 274 g/mol. The van der Waals surface area contributed by atoms with Gasteiger partial charge in [0, 0.05) is 6.54 Å². The summed E-state index contributed by atoms with van der Waals surface area (Å²) < 4.78 is 4.54. The summed E-state index contributed by atoms with van der Waals surface area (Å²) in [4.78, 5) is 48.5. The molecule has 6 nitrogen and oxygen atoms in total. The van der Waals surface area contributed by atoms with Crippen LogP contribution in [0, 0.1) is 12.8 Å². The van der Waals surface area contributed by atoms with E-state index < -0.39 is 29.5 Å². The lowest BCUT2D eigenvalue weighted by atomic mass is 10.1. The second-order valence-electron chi connectivity index (χ2n) is 4.96. The summed E-state index contributed by atoms with van der Waals surface area (Å²) in [5.74, 6) is -3.35. The van der Waals surface area contributed by atoms with E-state index in [1.807, 2.05) is 6.92 Å². The van der Waals surface area contributed by atoms with E-state index in [2.05, 4.69) is 4.74 Å². The first-order chi connectivity index (χ1) is 9.86. The molecule has 6 heteroatoms. The SMILES string of the molecule is COC(=O)[C@H](CN1C(=O)c2ccc(C)cc2C1=O)C(C)=O. The van der Waals surface area contributed by atoms with Gasteiger partial charge in [0.1, 0.15) is 11.7 Å². The number of ether oxygens (including phenoxy) is 1. The van der Waals surface area contributed by atoms with Crippen LogP contribution in [0.15, 0.2) is 18.2 Å². The smallest absolute Gasteiger partial charge is 0.318 e. The number of ketones is 1. The van der Waals surface area contributed by atoms with Crippen molar-refractivity contribution in [2.45, 2.75) is 13.8 Å². The van der Waals surface area contributed by atoms with Crippen LogP contribution >= 0.6 is 0 Å². The predicted octanol–water partition coefficient (Wildman–Crippen LogP) is 0.969. The molecule has 0 saturated heterocycles. The van der Waals surface area contributed by atoms with E-state index in [1.165, 1.54) is 6.92 Å². The zero-order chi connectivity index (χ0) is 15.7. The Morgan fingerprint density at radius 2 is 1.81 bits per heavy atom. The van der Waals surface area contributed by atoms with Crippen LogP contribution in [0.1, 0.15) is 33.2 Å². The van der Waals surface area contributed by atoms with Gasteiger partial charge in [0.2, 0.25) is 0 Å². The highest BCUT2D eigenvalue weighted by Crippen LogP contribution is 2.25. The molecule has 1 atom stereocenters. The highest BCUT2D eigenvalue weighted by atomic mass is 16.5. The van der Waals surface area contributed by atoms with Gasteiger partial charge in [-0.2, -0.15) is 0 Å². The van der Waals surface area contributed by atoms with Gasteiger partial charge in [-0.25, -0.2) is 0 Å². The number of carbonyl (C=O) groups is 4. The molecule has 1 aromatic rings. The number of amides is 2. The summed E-state index contributed by atoms with van der Waals surface area (Å²) in [6.45, 7) is 2.74. The minimum atomic E-state index is -1.15. The summed E-state index contributed by atoms with van der Waals surface area (Å²) >= 11 is 0. The Morgan fingerprint density at radius 1 is 1.19 bits per heavy atom. The number of rotatable bonds is 4. The number of nitrogens with zero attached hydrogens (tertiary/aromatic N) is 1. The van der Waals surface area contributed by atoms with Gasteiger partial charge < -0.3 is 4.74 Å². The van der Waals surface area contributed by atoms with E-state index in [1.54, 1.807) is 18.2 Å². The molecule has 0 fully saturated rings. The number of hydrogen-bond donors (Lipinski definition) is 0. The fourth-order valence-corrected chi connectivity index (χ4v) is 2.26. The highest BCUT2D eigenvalue weighted by molar-refractivity contribution is 6.21. The number of methoxy groups -OCH3 is 1. The molecule has 0 aliphatic carbocycles. The standard InChI is InChI=1S/C15H15NO5/c1-8-4-5-10-11(6-8)14(19)16(13(10)18)7-12(9(2)17)15(20)21-3/h4-6,12H,7H2,1-3H3/t12-/m1/s1. The Kier molecular flexibility index (Phi) is 3.88. The van der Waals surface area contributed by atoms with Crippen LogP contribution < -0.4 is 0 Å². The average Bonchev–Trinajstić information content (AvgIpc) is 2.67. The lowest BCUT2D eigenvalue weighted by molar-refractivity contribution is -0.149. The quantitative estimate of drug-likeness (QED) is 0.468. The maximum Gasteiger partial charge on any atom is 0.318 e. The van der Waals surface area contributed by atoms with E-state index in [-0.39, 0.29) is 12.1 Å².